The minimum atomic E-state index is -0.328. The van der Waals surface area contributed by atoms with Gasteiger partial charge < -0.3 is 19.1 Å². The molecule has 0 atom stereocenters. The van der Waals surface area contributed by atoms with Crippen molar-refractivity contribution < 1.29 is 19.0 Å². The SMILES string of the molecule is CCCOC(=NC(=O)c1ccc2c(c1)OCO2)N1CCC(Cc2ccccc2)CC1. The third kappa shape index (κ3) is 4.93. The molecular weight excluding hydrogens is 380 g/mol. The molecule has 2 heterocycles. The van der Waals surface area contributed by atoms with Gasteiger partial charge in [0.15, 0.2) is 11.5 Å². The number of nitrogens with zero attached hydrogens (tertiary/aromatic N) is 2. The standard InChI is InChI=1S/C24H28N2O4/c1-2-14-28-24(25-23(27)20-8-9-21-22(16-20)30-17-29-21)26-12-10-19(11-13-26)15-18-6-4-3-5-7-18/h3-9,16,19H,2,10-15,17H2,1H3. The van der Waals surface area contributed by atoms with E-state index in [1.807, 2.05) is 6.92 Å². The predicted molar refractivity (Wildman–Crippen MR) is 115 cm³/mol. The van der Waals surface area contributed by atoms with Gasteiger partial charge in [0, 0.05) is 18.7 Å². The summed E-state index contributed by atoms with van der Waals surface area (Å²) in [6.45, 7) is 4.45. The van der Waals surface area contributed by atoms with Gasteiger partial charge in [0.25, 0.3) is 11.9 Å². The predicted octanol–water partition coefficient (Wildman–Crippen LogP) is 4.29. The third-order valence-electron chi connectivity index (χ3n) is 5.50. The van der Waals surface area contributed by atoms with E-state index < -0.39 is 0 Å². The van der Waals surface area contributed by atoms with E-state index in [1.165, 1.54) is 5.56 Å². The molecule has 4 rings (SSSR count). The van der Waals surface area contributed by atoms with E-state index in [-0.39, 0.29) is 12.7 Å². The van der Waals surface area contributed by atoms with Crippen LogP contribution in [0.25, 0.3) is 0 Å². The molecular formula is C24H28N2O4. The Morgan fingerprint density at radius 2 is 1.87 bits per heavy atom. The van der Waals surface area contributed by atoms with Gasteiger partial charge in [0.2, 0.25) is 6.79 Å². The van der Waals surface area contributed by atoms with Crippen LogP contribution < -0.4 is 9.47 Å². The highest BCUT2D eigenvalue weighted by Gasteiger charge is 2.24. The number of carbonyl (C=O) groups excluding carboxylic acids is 1. The van der Waals surface area contributed by atoms with Crippen LogP contribution >= 0.6 is 0 Å². The highest BCUT2D eigenvalue weighted by Crippen LogP contribution is 2.32. The summed E-state index contributed by atoms with van der Waals surface area (Å²) in [4.78, 5) is 19.2. The molecule has 30 heavy (non-hydrogen) atoms. The number of hydrogen-bond acceptors (Lipinski definition) is 4. The van der Waals surface area contributed by atoms with Crippen LogP contribution in [0.3, 0.4) is 0 Å². The summed E-state index contributed by atoms with van der Waals surface area (Å²) in [5, 5.41) is 0. The first-order chi connectivity index (χ1) is 14.7. The maximum atomic E-state index is 12.8. The molecule has 1 fully saturated rings. The van der Waals surface area contributed by atoms with Crippen molar-refractivity contribution in [1.82, 2.24) is 4.90 Å². The average molecular weight is 408 g/mol. The average Bonchev–Trinajstić information content (AvgIpc) is 3.26. The normalized spacial score (nSPS) is 16.6. The molecule has 158 valence electrons. The quantitative estimate of drug-likeness (QED) is 0.546. The summed E-state index contributed by atoms with van der Waals surface area (Å²) in [5.41, 5.74) is 1.85. The lowest BCUT2D eigenvalue weighted by Gasteiger charge is -2.33. The molecule has 1 saturated heterocycles. The lowest BCUT2D eigenvalue weighted by Crippen LogP contribution is -2.40. The molecule has 2 aromatic rings. The van der Waals surface area contributed by atoms with E-state index in [9.17, 15) is 4.79 Å². The van der Waals surface area contributed by atoms with Crippen molar-refractivity contribution in [2.45, 2.75) is 32.6 Å². The fourth-order valence-corrected chi connectivity index (χ4v) is 3.84. The largest absolute Gasteiger partial charge is 0.465 e. The molecule has 2 aliphatic rings. The number of aliphatic imine (C=N–C) groups is 1. The number of benzene rings is 2. The van der Waals surface area contributed by atoms with Gasteiger partial charge in [-0.25, -0.2) is 0 Å². The van der Waals surface area contributed by atoms with Crippen molar-refractivity contribution >= 4 is 11.9 Å². The Balaban J connectivity index is 1.41. The summed E-state index contributed by atoms with van der Waals surface area (Å²) < 4.78 is 16.6. The maximum absolute atomic E-state index is 12.8. The van der Waals surface area contributed by atoms with E-state index in [0.717, 1.165) is 38.8 Å². The number of piperidine rings is 1. The van der Waals surface area contributed by atoms with Crippen LogP contribution in [-0.2, 0) is 11.2 Å². The Bertz CT molecular complexity index is 889. The smallest absolute Gasteiger partial charge is 0.295 e. The zero-order valence-corrected chi connectivity index (χ0v) is 17.4. The van der Waals surface area contributed by atoms with Crippen molar-refractivity contribution in [1.29, 1.82) is 0 Å². The second-order valence-corrected chi connectivity index (χ2v) is 7.74. The van der Waals surface area contributed by atoms with Crippen LogP contribution in [0.1, 0.15) is 42.1 Å². The Kier molecular flexibility index (Phi) is 6.52. The number of ether oxygens (including phenoxy) is 3. The van der Waals surface area contributed by atoms with Crippen molar-refractivity contribution in [3.63, 3.8) is 0 Å². The minimum Gasteiger partial charge on any atom is -0.465 e. The Hall–Kier alpha value is -3.02. The third-order valence-corrected chi connectivity index (χ3v) is 5.50. The molecule has 2 aromatic carbocycles. The molecule has 0 aromatic heterocycles. The van der Waals surface area contributed by atoms with E-state index in [0.29, 0.717) is 35.6 Å². The van der Waals surface area contributed by atoms with Crippen molar-refractivity contribution in [2.75, 3.05) is 26.5 Å². The lowest BCUT2D eigenvalue weighted by molar-refractivity contribution is 0.0990. The van der Waals surface area contributed by atoms with Crippen LogP contribution in [0.5, 0.6) is 11.5 Å². The topological polar surface area (TPSA) is 60.4 Å². The number of amides is 1. The van der Waals surface area contributed by atoms with Crippen LogP contribution in [0, 0.1) is 5.92 Å². The minimum absolute atomic E-state index is 0.180. The highest BCUT2D eigenvalue weighted by atomic mass is 16.7. The molecule has 0 spiro atoms. The molecule has 0 aliphatic carbocycles. The summed E-state index contributed by atoms with van der Waals surface area (Å²) in [5.74, 6) is 1.54. The van der Waals surface area contributed by atoms with Crippen molar-refractivity contribution in [2.24, 2.45) is 10.9 Å². The first-order valence-corrected chi connectivity index (χ1v) is 10.7. The molecule has 0 unspecified atom stereocenters. The van der Waals surface area contributed by atoms with E-state index in [1.54, 1.807) is 18.2 Å². The lowest BCUT2D eigenvalue weighted by atomic mass is 9.90. The second-order valence-electron chi connectivity index (χ2n) is 7.74. The first-order valence-electron chi connectivity index (χ1n) is 10.7. The Labute approximate surface area is 177 Å². The molecule has 0 bridgehead atoms. The van der Waals surface area contributed by atoms with Gasteiger partial charge in [-0.15, -0.1) is 0 Å². The summed E-state index contributed by atoms with van der Waals surface area (Å²) in [7, 11) is 0. The number of fused-ring (bicyclic) bond motifs is 1. The fourth-order valence-electron chi connectivity index (χ4n) is 3.84. The monoisotopic (exact) mass is 408 g/mol. The van der Waals surface area contributed by atoms with Gasteiger partial charge in [-0.1, -0.05) is 37.3 Å². The van der Waals surface area contributed by atoms with Crippen molar-refractivity contribution in [3.05, 3.63) is 59.7 Å². The van der Waals surface area contributed by atoms with E-state index >= 15 is 0 Å². The van der Waals surface area contributed by atoms with Crippen molar-refractivity contribution in [3.8, 4) is 11.5 Å². The fraction of sp³-hybridized carbons (Fsp3) is 0.417. The summed E-state index contributed by atoms with van der Waals surface area (Å²) in [6, 6.07) is 16.2. The van der Waals surface area contributed by atoms with Crippen LogP contribution in [-0.4, -0.2) is 43.3 Å². The zero-order chi connectivity index (χ0) is 20.8. The maximum Gasteiger partial charge on any atom is 0.295 e. The first kappa shape index (κ1) is 20.3. The molecule has 6 nitrogen and oxygen atoms in total. The number of amidine groups is 1. The molecule has 2 aliphatic heterocycles. The molecule has 0 N–H and O–H groups in total. The van der Waals surface area contributed by atoms with Gasteiger partial charge in [-0.05, 0) is 55.4 Å². The van der Waals surface area contributed by atoms with E-state index in [4.69, 9.17) is 14.2 Å². The number of carbonyl (C=O) groups is 1. The van der Waals surface area contributed by atoms with Gasteiger partial charge in [-0.3, -0.25) is 4.79 Å². The Morgan fingerprint density at radius 3 is 2.63 bits per heavy atom. The highest BCUT2D eigenvalue weighted by molar-refractivity contribution is 6.01. The number of rotatable bonds is 5. The molecule has 0 saturated carbocycles. The van der Waals surface area contributed by atoms with E-state index in [2.05, 4.69) is 40.2 Å². The summed E-state index contributed by atoms with van der Waals surface area (Å²) >= 11 is 0. The Morgan fingerprint density at radius 1 is 1.10 bits per heavy atom. The van der Waals surface area contributed by atoms with Crippen LogP contribution in [0.2, 0.25) is 0 Å². The molecule has 1 amide bonds. The molecule has 0 radical (unpaired) electrons. The second kappa shape index (κ2) is 9.65. The van der Waals surface area contributed by atoms with Gasteiger partial charge in [0.1, 0.15) is 0 Å². The van der Waals surface area contributed by atoms with Crippen LogP contribution in [0.15, 0.2) is 53.5 Å². The number of likely N-dealkylation sites (tertiary alicyclic amines) is 1. The van der Waals surface area contributed by atoms with Gasteiger partial charge >= 0.3 is 0 Å². The van der Waals surface area contributed by atoms with Gasteiger partial charge in [0.05, 0.1) is 6.61 Å². The number of hydrogen-bond donors (Lipinski definition) is 0. The molecule has 6 heteroatoms. The summed E-state index contributed by atoms with van der Waals surface area (Å²) in [6.07, 6.45) is 4.07. The van der Waals surface area contributed by atoms with Crippen LogP contribution in [0.4, 0.5) is 0 Å². The zero-order valence-electron chi connectivity index (χ0n) is 17.4. The van der Waals surface area contributed by atoms with Gasteiger partial charge in [-0.2, -0.15) is 4.99 Å².